The standard InChI is InChI=1S/2C11H12ClN3O/c2*1-6(16-2)10-7(13)5-14-8-3-4-9(12)15-11(8)10/h2*3-6H,13H2,1-2H3/t6-;/m0./s1. The van der Waals surface area contributed by atoms with Crippen molar-refractivity contribution in [2.45, 2.75) is 26.1 Å². The molecule has 4 rings (SSSR count). The Morgan fingerprint density at radius 1 is 0.719 bits per heavy atom. The number of anilines is 2. The predicted octanol–water partition coefficient (Wildman–Crippen LogP) is 5.15. The number of pyridine rings is 4. The fourth-order valence-electron chi connectivity index (χ4n) is 3.24. The van der Waals surface area contributed by atoms with E-state index in [4.69, 9.17) is 44.1 Å². The van der Waals surface area contributed by atoms with E-state index >= 15 is 0 Å². The summed E-state index contributed by atoms with van der Waals surface area (Å²) in [5, 5.41) is 0.842. The van der Waals surface area contributed by atoms with Crippen molar-refractivity contribution in [3.8, 4) is 0 Å². The molecule has 4 N–H and O–H groups in total. The molecule has 0 fully saturated rings. The first-order chi connectivity index (χ1) is 15.3. The van der Waals surface area contributed by atoms with Crippen molar-refractivity contribution < 1.29 is 9.47 Å². The van der Waals surface area contributed by atoms with Gasteiger partial charge in [0.2, 0.25) is 0 Å². The highest BCUT2D eigenvalue weighted by Gasteiger charge is 2.16. The zero-order chi connectivity index (χ0) is 23.4. The third-order valence-electron chi connectivity index (χ3n) is 5.02. The van der Waals surface area contributed by atoms with E-state index < -0.39 is 0 Å². The molecular weight excluding hydrogens is 451 g/mol. The zero-order valence-electron chi connectivity index (χ0n) is 18.1. The van der Waals surface area contributed by atoms with E-state index in [1.807, 2.05) is 26.0 Å². The van der Waals surface area contributed by atoms with Gasteiger partial charge in [-0.1, -0.05) is 23.2 Å². The molecular formula is C22H24Cl2N6O2. The lowest BCUT2D eigenvalue weighted by molar-refractivity contribution is 0.121. The van der Waals surface area contributed by atoms with Gasteiger partial charge < -0.3 is 20.9 Å². The second kappa shape index (κ2) is 10.2. The molecule has 2 atom stereocenters. The molecule has 4 aromatic rings. The summed E-state index contributed by atoms with van der Waals surface area (Å²) in [4.78, 5) is 16.9. The minimum absolute atomic E-state index is 0.142. The summed E-state index contributed by atoms with van der Waals surface area (Å²) in [6.45, 7) is 3.82. The van der Waals surface area contributed by atoms with Gasteiger partial charge in [0, 0.05) is 25.3 Å². The second-order valence-electron chi connectivity index (χ2n) is 7.01. The van der Waals surface area contributed by atoms with E-state index in [1.54, 1.807) is 38.7 Å². The van der Waals surface area contributed by atoms with Crippen LogP contribution in [0.1, 0.15) is 37.2 Å². The molecule has 0 aromatic carbocycles. The maximum atomic E-state index is 5.89. The average molecular weight is 475 g/mol. The molecule has 4 aromatic heterocycles. The summed E-state index contributed by atoms with van der Waals surface area (Å²) in [6.07, 6.45) is 2.94. The van der Waals surface area contributed by atoms with Crippen LogP contribution in [0.15, 0.2) is 36.7 Å². The Labute approximate surface area is 195 Å². The highest BCUT2D eigenvalue weighted by molar-refractivity contribution is 6.30. The van der Waals surface area contributed by atoms with Crippen molar-refractivity contribution in [3.05, 3.63) is 58.1 Å². The highest BCUT2D eigenvalue weighted by atomic mass is 35.5. The third kappa shape index (κ3) is 4.99. The molecule has 8 nitrogen and oxygen atoms in total. The summed E-state index contributed by atoms with van der Waals surface area (Å²) < 4.78 is 10.5. The quantitative estimate of drug-likeness (QED) is 0.389. The van der Waals surface area contributed by atoms with Gasteiger partial charge in [-0.15, -0.1) is 0 Å². The molecule has 0 aliphatic heterocycles. The molecule has 0 amide bonds. The van der Waals surface area contributed by atoms with Crippen LogP contribution in [0.2, 0.25) is 10.3 Å². The minimum Gasteiger partial charge on any atom is -0.397 e. The lowest BCUT2D eigenvalue weighted by atomic mass is 10.1. The van der Waals surface area contributed by atoms with Crippen LogP contribution in [0.3, 0.4) is 0 Å². The molecule has 0 radical (unpaired) electrons. The molecule has 0 aliphatic rings. The maximum absolute atomic E-state index is 5.89. The number of fused-ring (bicyclic) bond motifs is 2. The first-order valence-corrected chi connectivity index (χ1v) is 10.5. The molecule has 0 aliphatic carbocycles. The van der Waals surface area contributed by atoms with Crippen molar-refractivity contribution in [2.24, 2.45) is 0 Å². The molecule has 32 heavy (non-hydrogen) atoms. The van der Waals surface area contributed by atoms with E-state index in [9.17, 15) is 0 Å². The first-order valence-electron chi connectivity index (χ1n) is 9.73. The molecule has 0 bridgehead atoms. The molecule has 10 heteroatoms. The summed E-state index contributed by atoms with van der Waals surface area (Å²) >= 11 is 11.7. The zero-order valence-corrected chi connectivity index (χ0v) is 19.6. The van der Waals surface area contributed by atoms with Crippen LogP contribution in [0, 0.1) is 0 Å². The molecule has 0 spiro atoms. The summed E-state index contributed by atoms with van der Waals surface area (Å²) in [5.41, 5.74) is 17.5. The van der Waals surface area contributed by atoms with Crippen LogP contribution in [-0.2, 0) is 9.47 Å². The Balaban J connectivity index is 0.000000181. The van der Waals surface area contributed by atoms with Gasteiger partial charge in [-0.3, -0.25) is 9.97 Å². The van der Waals surface area contributed by atoms with Crippen LogP contribution < -0.4 is 11.5 Å². The van der Waals surface area contributed by atoms with Crippen LogP contribution in [0.25, 0.3) is 22.1 Å². The van der Waals surface area contributed by atoms with Crippen LogP contribution in [0.5, 0.6) is 0 Å². The highest BCUT2D eigenvalue weighted by Crippen LogP contribution is 2.30. The van der Waals surface area contributed by atoms with Crippen molar-refractivity contribution in [1.82, 2.24) is 19.9 Å². The van der Waals surface area contributed by atoms with Crippen molar-refractivity contribution in [3.63, 3.8) is 0 Å². The third-order valence-corrected chi connectivity index (χ3v) is 5.44. The van der Waals surface area contributed by atoms with Gasteiger partial charge in [-0.25, -0.2) is 9.97 Å². The monoisotopic (exact) mass is 474 g/mol. The molecule has 1 unspecified atom stereocenters. The van der Waals surface area contributed by atoms with E-state index in [0.29, 0.717) is 32.7 Å². The summed E-state index contributed by atoms with van der Waals surface area (Å²) in [5.74, 6) is 0. The lowest BCUT2D eigenvalue weighted by Crippen LogP contribution is -2.04. The summed E-state index contributed by atoms with van der Waals surface area (Å²) in [6, 6.07) is 7.04. The van der Waals surface area contributed by atoms with E-state index in [1.165, 1.54) is 0 Å². The van der Waals surface area contributed by atoms with E-state index in [2.05, 4.69) is 19.9 Å². The number of rotatable bonds is 4. The Bertz CT molecular complexity index is 1150. The van der Waals surface area contributed by atoms with Gasteiger partial charge in [0.05, 0.1) is 58.0 Å². The van der Waals surface area contributed by atoms with Crippen LogP contribution >= 0.6 is 23.2 Å². The molecule has 0 saturated carbocycles. The van der Waals surface area contributed by atoms with E-state index in [0.717, 1.165) is 22.2 Å². The van der Waals surface area contributed by atoms with Crippen molar-refractivity contribution >= 4 is 56.6 Å². The Morgan fingerprint density at radius 3 is 1.44 bits per heavy atom. The van der Waals surface area contributed by atoms with Gasteiger partial charge in [-0.2, -0.15) is 0 Å². The summed E-state index contributed by atoms with van der Waals surface area (Å²) in [7, 11) is 3.25. The number of halogens is 2. The minimum atomic E-state index is -0.142. The van der Waals surface area contributed by atoms with E-state index in [-0.39, 0.29) is 12.2 Å². The Kier molecular flexibility index (Phi) is 7.63. The predicted molar refractivity (Wildman–Crippen MR) is 129 cm³/mol. The van der Waals surface area contributed by atoms with Crippen LogP contribution in [0.4, 0.5) is 11.4 Å². The topological polar surface area (TPSA) is 122 Å². The number of aromatic nitrogens is 4. The van der Waals surface area contributed by atoms with Gasteiger partial charge in [0.1, 0.15) is 10.3 Å². The normalized spacial score (nSPS) is 12.9. The van der Waals surface area contributed by atoms with Crippen LogP contribution in [-0.4, -0.2) is 34.2 Å². The van der Waals surface area contributed by atoms with Gasteiger partial charge in [0.15, 0.2) is 0 Å². The Morgan fingerprint density at radius 2 is 1.09 bits per heavy atom. The number of nitrogens with two attached hydrogens (primary N) is 2. The number of methoxy groups -OCH3 is 2. The van der Waals surface area contributed by atoms with Gasteiger partial charge in [0.25, 0.3) is 0 Å². The Hall–Kier alpha value is -2.78. The van der Waals surface area contributed by atoms with Crippen molar-refractivity contribution in [2.75, 3.05) is 25.7 Å². The fraction of sp³-hybridized carbons (Fsp3) is 0.273. The number of hydrogen-bond donors (Lipinski definition) is 2. The SMILES string of the molecule is COC(C)c1c(N)cnc2ccc(Cl)nc12.CO[C@@H](C)c1c(N)cnc2ccc(Cl)nc12. The first kappa shape index (κ1) is 23.9. The molecule has 0 saturated heterocycles. The van der Waals surface area contributed by atoms with Crippen molar-refractivity contribution in [1.29, 1.82) is 0 Å². The second-order valence-corrected chi connectivity index (χ2v) is 7.79. The molecule has 168 valence electrons. The number of nitrogen functional groups attached to an aromatic ring is 2. The smallest absolute Gasteiger partial charge is 0.129 e. The van der Waals surface area contributed by atoms with Gasteiger partial charge in [-0.05, 0) is 38.1 Å². The maximum Gasteiger partial charge on any atom is 0.129 e. The number of nitrogens with zero attached hydrogens (tertiary/aromatic N) is 4. The average Bonchev–Trinajstić information content (AvgIpc) is 2.78. The fourth-order valence-corrected chi connectivity index (χ4v) is 3.54. The number of ether oxygens (including phenoxy) is 2. The lowest BCUT2D eigenvalue weighted by Gasteiger charge is -2.14. The number of hydrogen-bond acceptors (Lipinski definition) is 8. The largest absolute Gasteiger partial charge is 0.397 e. The molecule has 4 heterocycles. The van der Waals surface area contributed by atoms with Gasteiger partial charge >= 0.3 is 0 Å².